The van der Waals surface area contributed by atoms with Crippen molar-refractivity contribution in [1.29, 1.82) is 0 Å². The second-order valence-electron chi connectivity index (χ2n) is 3.80. The number of hydroxylamine groups is 2. The van der Waals surface area contributed by atoms with Gasteiger partial charge in [-0.3, -0.25) is 0 Å². The van der Waals surface area contributed by atoms with Gasteiger partial charge >= 0.3 is 0 Å². The van der Waals surface area contributed by atoms with Crippen LogP contribution in [-0.4, -0.2) is 31.8 Å². The van der Waals surface area contributed by atoms with Crippen molar-refractivity contribution in [3.8, 4) is 0 Å². The Labute approximate surface area is 86.3 Å². The molecular formula is C9H19NO3S. The van der Waals surface area contributed by atoms with Crippen LogP contribution in [0.1, 0.15) is 39.5 Å². The first-order valence-corrected chi connectivity index (χ1v) is 6.71. The van der Waals surface area contributed by atoms with E-state index in [0.29, 0.717) is 6.42 Å². The van der Waals surface area contributed by atoms with Gasteiger partial charge in [-0.2, -0.15) is 17.8 Å². The van der Waals surface area contributed by atoms with Crippen molar-refractivity contribution in [2.24, 2.45) is 0 Å². The van der Waals surface area contributed by atoms with Crippen molar-refractivity contribution in [2.75, 3.05) is 13.1 Å². The largest absolute Gasteiger partial charge is 0.286 e. The van der Waals surface area contributed by atoms with E-state index in [9.17, 15) is 8.42 Å². The summed E-state index contributed by atoms with van der Waals surface area (Å²) in [6.45, 7) is 5.15. The molecule has 84 valence electrons. The third-order valence-corrected chi connectivity index (χ3v) is 4.10. The third kappa shape index (κ3) is 3.22. The van der Waals surface area contributed by atoms with Crippen molar-refractivity contribution < 1.29 is 12.7 Å². The molecule has 1 heterocycles. The van der Waals surface area contributed by atoms with Gasteiger partial charge in [0.2, 0.25) is 0 Å². The maximum atomic E-state index is 11.6. The summed E-state index contributed by atoms with van der Waals surface area (Å²) in [7, 11) is -3.38. The zero-order valence-corrected chi connectivity index (χ0v) is 9.72. The average molecular weight is 221 g/mol. The van der Waals surface area contributed by atoms with Gasteiger partial charge in [-0.15, -0.1) is 0 Å². The molecule has 0 aromatic rings. The molecule has 1 aliphatic rings. The molecule has 1 unspecified atom stereocenters. The monoisotopic (exact) mass is 221 g/mol. The Morgan fingerprint density at radius 2 is 1.93 bits per heavy atom. The number of hydrogen-bond donors (Lipinski definition) is 0. The fourth-order valence-corrected chi connectivity index (χ4v) is 2.65. The number of rotatable bonds is 5. The van der Waals surface area contributed by atoms with Gasteiger partial charge in [0.1, 0.15) is 0 Å². The maximum Gasteiger partial charge on any atom is 0.286 e. The Morgan fingerprint density at radius 3 is 2.43 bits per heavy atom. The van der Waals surface area contributed by atoms with Crippen molar-refractivity contribution in [1.82, 2.24) is 5.06 Å². The Bertz CT molecular complexity index is 257. The van der Waals surface area contributed by atoms with E-state index in [0.717, 1.165) is 32.4 Å². The lowest BCUT2D eigenvalue weighted by Crippen LogP contribution is -2.30. The van der Waals surface area contributed by atoms with Crippen molar-refractivity contribution in [2.45, 2.75) is 44.8 Å². The molecule has 1 fully saturated rings. The van der Waals surface area contributed by atoms with Crippen LogP contribution < -0.4 is 0 Å². The van der Waals surface area contributed by atoms with Crippen molar-refractivity contribution in [3.05, 3.63) is 0 Å². The van der Waals surface area contributed by atoms with E-state index in [4.69, 9.17) is 4.28 Å². The van der Waals surface area contributed by atoms with Crippen LogP contribution in [0.5, 0.6) is 0 Å². The Morgan fingerprint density at radius 1 is 1.36 bits per heavy atom. The molecule has 0 spiro atoms. The predicted octanol–water partition coefficient (Wildman–Crippen LogP) is 1.53. The van der Waals surface area contributed by atoms with Crippen LogP contribution in [0.2, 0.25) is 0 Å². The van der Waals surface area contributed by atoms with Gasteiger partial charge in [0.15, 0.2) is 0 Å². The van der Waals surface area contributed by atoms with Gasteiger partial charge in [-0.25, -0.2) is 0 Å². The highest BCUT2D eigenvalue weighted by Crippen LogP contribution is 2.15. The summed E-state index contributed by atoms with van der Waals surface area (Å²) in [5.41, 5.74) is 0. The first-order chi connectivity index (χ1) is 6.56. The molecule has 0 aromatic heterocycles. The average Bonchev–Trinajstić information content (AvgIpc) is 2.56. The minimum absolute atomic E-state index is 0.395. The summed E-state index contributed by atoms with van der Waals surface area (Å²) in [6.07, 6.45) is 3.58. The maximum absolute atomic E-state index is 11.6. The summed E-state index contributed by atoms with van der Waals surface area (Å²) in [4.78, 5) is 0. The van der Waals surface area contributed by atoms with Crippen LogP contribution in [0, 0.1) is 0 Å². The Balaban J connectivity index is 2.47. The van der Waals surface area contributed by atoms with Crippen LogP contribution in [0.3, 0.4) is 0 Å². The Kier molecular flexibility index (Phi) is 4.34. The third-order valence-electron chi connectivity index (χ3n) is 2.46. The Hall–Kier alpha value is -0.130. The smallest absolute Gasteiger partial charge is 0.198 e. The molecule has 0 aliphatic carbocycles. The lowest BCUT2D eigenvalue weighted by atomic mass is 10.3. The van der Waals surface area contributed by atoms with Gasteiger partial charge in [0.05, 0.1) is 5.25 Å². The highest BCUT2D eigenvalue weighted by Gasteiger charge is 2.26. The zero-order chi connectivity index (χ0) is 10.6. The van der Waals surface area contributed by atoms with Crippen LogP contribution in [-0.2, 0) is 14.4 Å². The molecule has 14 heavy (non-hydrogen) atoms. The molecule has 1 saturated heterocycles. The van der Waals surface area contributed by atoms with E-state index in [1.165, 1.54) is 0 Å². The molecule has 0 radical (unpaired) electrons. The molecule has 0 aromatic carbocycles. The second-order valence-corrected chi connectivity index (χ2v) is 5.74. The molecule has 4 nitrogen and oxygen atoms in total. The molecule has 5 heteroatoms. The van der Waals surface area contributed by atoms with Crippen molar-refractivity contribution >= 4 is 10.1 Å². The molecule has 1 aliphatic heterocycles. The molecule has 0 bridgehead atoms. The quantitative estimate of drug-likeness (QED) is 0.706. The lowest BCUT2D eigenvalue weighted by Gasteiger charge is -2.17. The summed E-state index contributed by atoms with van der Waals surface area (Å²) >= 11 is 0. The minimum atomic E-state index is -3.38. The highest BCUT2D eigenvalue weighted by molar-refractivity contribution is 7.87. The number of nitrogens with zero attached hydrogens (tertiary/aromatic N) is 1. The standard InChI is InChI=1S/C9H19NO3S/c1-3-6-9(2)14(11,12)13-10-7-4-5-8-10/h9H,3-8H2,1-2H3. The first-order valence-electron chi connectivity index (χ1n) is 5.24. The summed E-state index contributed by atoms with van der Waals surface area (Å²) < 4.78 is 28.2. The minimum Gasteiger partial charge on any atom is -0.198 e. The molecule has 1 atom stereocenters. The van der Waals surface area contributed by atoms with E-state index in [1.807, 2.05) is 6.92 Å². The topological polar surface area (TPSA) is 46.6 Å². The summed E-state index contributed by atoms with van der Waals surface area (Å²) in [5.74, 6) is 0. The SMILES string of the molecule is CCCC(C)S(=O)(=O)ON1CCCC1. The fourth-order valence-electron chi connectivity index (χ4n) is 1.53. The van der Waals surface area contributed by atoms with Crippen molar-refractivity contribution in [3.63, 3.8) is 0 Å². The summed E-state index contributed by atoms with van der Waals surface area (Å²) in [5, 5.41) is 1.16. The fraction of sp³-hybridized carbons (Fsp3) is 1.00. The van der Waals surface area contributed by atoms with Gasteiger partial charge in [-0.1, -0.05) is 13.3 Å². The second kappa shape index (κ2) is 5.09. The van der Waals surface area contributed by atoms with Gasteiger partial charge in [0, 0.05) is 13.1 Å². The lowest BCUT2D eigenvalue weighted by molar-refractivity contribution is -0.0282. The van der Waals surface area contributed by atoms with E-state index in [1.54, 1.807) is 12.0 Å². The molecule has 0 N–H and O–H groups in total. The van der Waals surface area contributed by atoms with E-state index in [-0.39, 0.29) is 0 Å². The molecule has 0 saturated carbocycles. The molecule has 1 rings (SSSR count). The molecule has 0 amide bonds. The highest BCUT2D eigenvalue weighted by atomic mass is 32.2. The zero-order valence-electron chi connectivity index (χ0n) is 8.90. The van der Waals surface area contributed by atoms with Gasteiger partial charge < -0.3 is 0 Å². The summed E-state index contributed by atoms with van der Waals surface area (Å²) in [6, 6.07) is 0. The number of hydrogen-bond acceptors (Lipinski definition) is 4. The molecular weight excluding hydrogens is 202 g/mol. The van der Waals surface area contributed by atoms with Gasteiger partial charge in [-0.05, 0) is 26.2 Å². The van der Waals surface area contributed by atoms with E-state index >= 15 is 0 Å². The first kappa shape index (κ1) is 11.9. The van der Waals surface area contributed by atoms with Crippen LogP contribution >= 0.6 is 0 Å². The van der Waals surface area contributed by atoms with Crippen LogP contribution in [0.4, 0.5) is 0 Å². The van der Waals surface area contributed by atoms with E-state index < -0.39 is 15.4 Å². The van der Waals surface area contributed by atoms with Crippen LogP contribution in [0.15, 0.2) is 0 Å². The predicted molar refractivity (Wildman–Crippen MR) is 55.2 cm³/mol. The van der Waals surface area contributed by atoms with E-state index in [2.05, 4.69) is 0 Å². The normalized spacial score (nSPS) is 21.3. The van der Waals surface area contributed by atoms with Crippen LogP contribution in [0.25, 0.3) is 0 Å². The van der Waals surface area contributed by atoms with Gasteiger partial charge in [0.25, 0.3) is 10.1 Å².